The molecule has 0 spiro atoms. The lowest BCUT2D eigenvalue weighted by molar-refractivity contribution is -0.138. The third-order valence-electron chi connectivity index (χ3n) is 7.34. The molecule has 1 saturated carbocycles. The van der Waals surface area contributed by atoms with E-state index in [2.05, 4.69) is 10.4 Å². The molecule has 1 aliphatic carbocycles. The van der Waals surface area contributed by atoms with Crippen LogP contribution in [0, 0.1) is 11.3 Å². The number of carboxylic acids is 1. The van der Waals surface area contributed by atoms with E-state index in [1.807, 2.05) is 6.07 Å². The number of aliphatic carboxylic acids is 1. The van der Waals surface area contributed by atoms with Gasteiger partial charge >= 0.3 is 12.1 Å². The number of aromatic nitrogens is 2. The van der Waals surface area contributed by atoms with Crippen LogP contribution in [0.4, 0.5) is 4.79 Å². The number of piperazine rings is 1. The topological polar surface area (TPSA) is 160 Å². The van der Waals surface area contributed by atoms with Crippen molar-refractivity contribution in [1.82, 2.24) is 24.9 Å². The molecule has 1 unspecified atom stereocenters. The Morgan fingerprint density at radius 2 is 1.67 bits per heavy atom. The quantitative estimate of drug-likeness (QED) is 0.375. The smallest absolute Gasteiger partial charge is 0.409 e. The Kier molecular flexibility index (Phi) is 10.0. The molecule has 2 aromatic rings. The molecule has 2 heterocycles. The summed E-state index contributed by atoms with van der Waals surface area (Å²) in [6.45, 7) is 6.49. The summed E-state index contributed by atoms with van der Waals surface area (Å²) in [5, 5.41) is 16.3. The Morgan fingerprint density at radius 3 is 2.28 bits per heavy atom. The number of hydrogen-bond acceptors (Lipinski definition) is 8. The summed E-state index contributed by atoms with van der Waals surface area (Å²) in [5.41, 5.74) is -0.108. The maximum Gasteiger partial charge on any atom is 0.409 e. The summed E-state index contributed by atoms with van der Waals surface area (Å²) < 4.78 is 12.5. The molecule has 1 aromatic heterocycles. The third-order valence-corrected chi connectivity index (χ3v) is 7.34. The number of Topliss-reactive ketones (excluding diaryl/α,β-unsaturated/α-hetero) is 1. The van der Waals surface area contributed by atoms with Crippen LogP contribution in [0.5, 0.6) is 5.88 Å². The van der Waals surface area contributed by atoms with Crippen LogP contribution in [0.3, 0.4) is 0 Å². The molecule has 2 N–H and O–H groups in total. The van der Waals surface area contributed by atoms with Gasteiger partial charge < -0.3 is 29.7 Å². The highest BCUT2D eigenvalue weighted by atomic mass is 16.6. The third kappa shape index (κ3) is 8.79. The molecule has 43 heavy (non-hydrogen) atoms. The normalized spacial score (nSPS) is 15.9. The molecular formula is C30H39N5O8. The monoisotopic (exact) mass is 597 g/mol. The van der Waals surface area contributed by atoms with Crippen LogP contribution in [-0.2, 0) is 19.1 Å². The zero-order valence-corrected chi connectivity index (χ0v) is 24.8. The largest absolute Gasteiger partial charge is 0.481 e. The van der Waals surface area contributed by atoms with Crippen LogP contribution in [0.15, 0.2) is 36.4 Å². The van der Waals surface area contributed by atoms with E-state index in [1.165, 1.54) is 15.6 Å². The van der Waals surface area contributed by atoms with E-state index in [-0.39, 0.29) is 63.0 Å². The number of amides is 3. The van der Waals surface area contributed by atoms with Gasteiger partial charge in [-0.05, 0) is 37.3 Å². The van der Waals surface area contributed by atoms with Gasteiger partial charge in [0, 0.05) is 44.1 Å². The minimum absolute atomic E-state index is 0.0709. The summed E-state index contributed by atoms with van der Waals surface area (Å²) >= 11 is 0. The van der Waals surface area contributed by atoms with Gasteiger partial charge in [0.1, 0.15) is 12.6 Å². The molecule has 232 valence electrons. The maximum atomic E-state index is 13.4. The molecule has 0 bridgehead atoms. The summed E-state index contributed by atoms with van der Waals surface area (Å²) in [4.78, 5) is 66.0. The van der Waals surface area contributed by atoms with Crippen molar-refractivity contribution >= 4 is 29.7 Å². The molecule has 1 aromatic carbocycles. The predicted octanol–water partition coefficient (Wildman–Crippen LogP) is 2.52. The molecule has 1 saturated heterocycles. The minimum Gasteiger partial charge on any atom is -0.481 e. The zero-order chi connectivity index (χ0) is 31.1. The molecular weight excluding hydrogens is 558 g/mol. The number of rotatable bonds is 12. The minimum atomic E-state index is -1.13. The highest BCUT2D eigenvalue weighted by molar-refractivity contribution is 5.96. The Balaban J connectivity index is 1.45. The average molecular weight is 598 g/mol. The average Bonchev–Trinajstić information content (AvgIpc) is 3.72. The van der Waals surface area contributed by atoms with Crippen LogP contribution < -0.4 is 10.1 Å². The second-order valence-corrected chi connectivity index (χ2v) is 11.9. The van der Waals surface area contributed by atoms with E-state index in [9.17, 15) is 29.1 Å². The van der Waals surface area contributed by atoms with Gasteiger partial charge in [0.2, 0.25) is 11.8 Å². The van der Waals surface area contributed by atoms with E-state index in [1.54, 1.807) is 49.9 Å². The summed E-state index contributed by atoms with van der Waals surface area (Å²) in [7, 11) is 0. The molecule has 2 fully saturated rings. The molecule has 1 atom stereocenters. The fraction of sp³-hybridized carbons (Fsp3) is 0.533. The maximum absolute atomic E-state index is 13.4. The van der Waals surface area contributed by atoms with Crippen LogP contribution >= 0.6 is 0 Å². The molecule has 3 amide bonds. The van der Waals surface area contributed by atoms with Crippen LogP contribution in [0.1, 0.15) is 56.9 Å². The molecule has 13 heteroatoms. The predicted molar refractivity (Wildman–Crippen MR) is 154 cm³/mol. The summed E-state index contributed by atoms with van der Waals surface area (Å²) in [6, 6.07) is 9.15. The standard InChI is InChI=1S/C30H39N5O8/c1-30(2,3)24(36)19-42-25-17-23(32-35(25)21-7-5-4-6-8-21)27(39)31-22(11-12-26(37)38)28(40)33-13-15-34(16-14-33)29(41)43-18-20-9-10-20/h4-8,17,20,22H,9-16,18-19H2,1-3H3,(H,31,39)(H,37,38). The first-order valence-electron chi connectivity index (χ1n) is 14.5. The van der Waals surface area contributed by atoms with E-state index >= 15 is 0 Å². The lowest BCUT2D eigenvalue weighted by Crippen LogP contribution is -2.56. The van der Waals surface area contributed by atoms with Gasteiger partial charge in [-0.25, -0.2) is 9.48 Å². The molecule has 4 rings (SSSR count). The Labute approximate surface area is 250 Å². The number of benzene rings is 1. The van der Waals surface area contributed by atoms with E-state index in [4.69, 9.17) is 9.47 Å². The van der Waals surface area contributed by atoms with Gasteiger partial charge in [-0.15, -0.1) is 0 Å². The Bertz CT molecular complexity index is 1320. The van der Waals surface area contributed by atoms with E-state index < -0.39 is 35.3 Å². The van der Waals surface area contributed by atoms with Crippen LogP contribution in [0.25, 0.3) is 5.69 Å². The first kappa shape index (κ1) is 31.5. The summed E-state index contributed by atoms with van der Waals surface area (Å²) in [6.07, 6.45) is 1.25. The highest BCUT2D eigenvalue weighted by Gasteiger charge is 2.32. The first-order chi connectivity index (χ1) is 20.4. The molecule has 0 radical (unpaired) electrons. The summed E-state index contributed by atoms with van der Waals surface area (Å²) in [5.74, 6) is -1.80. The zero-order valence-electron chi connectivity index (χ0n) is 24.8. The van der Waals surface area contributed by atoms with Crippen molar-refractivity contribution in [1.29, 1.82) is 0 Å². The van der Waals surface area contributed by atoms with Gasteiger partial charge in [0.15, 0.2) is 11.5 Å². The van der Waals surface area contributed by atoms with Gasteiger partial charge in [0.25, 0.3) is 5.91 Å². The van der Waals surface area contributed by atoms with Crippen LogP contribution in [-0.4, -0.2) is 99.8 Å². The van der Waals surface area contributed by atoms with E-state index in [0.717, 1.165) is 12.8 Å². The second-order valence-electron chi connectivity index (χ2n) is 11.9. The van der Waals surface area contributed by atoms with Crippen molar-refractivity contribution in [2.45, 2.75) is 52.5 Å². The van der Waals surface area contributed by atoms with Crippen molar-refractivity contribution < 1.29 is 38.6 Å². The Hall–Kier alpha value is -4.42. The molecule has 1 aliphatic heterocycles. The number of hydrogen-bond donors (Lipinski definition) is 2. The fourth-order valence-corrected chi connectivity index (χ4v) is 4.34. The van der Waals surface area contributed by atoms with Gasteiger partial charge in [-0.2, -0.15) is 5.10 Å². The van der Waals surface area contributed by atoms with Crippen molar-refractivity contribution in [3.63, 3.8) is 0 Å². The number of nitrogens with zero attached hydrogens (tertiary/aromatic N) is 4. The van der Waals surface area contributed by atoms with Crippen molar-refractivity contribution in [3.8, 4) is 11.6 Å². The molecule has 2 aliphatic rings. The number of para-hydroxylation sites is 1. The second kappa shape index (κ2) is 13.7. The number of carbonyl (C=O) groups excluding carboxylic acids is 4. The SMILES string of the molecule is CC(C)(C)C(=O)COc1cc(C(=O)NC(CCC(=O)O)C(=O)N2CCN(C(=O)OCC3CC3)CC2)nn1-c1ccccc1. The Morgan fingerprint density at radius 1 is 1.02 bits per heavy atom. The number of nitrogens with one attached hydrogen (secondary N) is 1. The first-order valence-corrected chi connectivity index (χ1v) is 14.5. The highest BCUT2D eigenvalue weighted by Crippen LogP contribution is 2.29. The molecule has 13 nitrogen and oxygen atoms in total. The van der Waals surface area contributed by atoms with Gasteiger partial charge in [-0.1, -0.05) is 39.0 Å². The number of ether oxygens (including phenoxy) is 2. The number of carboxylic acid groups (broad SMARTS) is 1. The van der Waals surface area contributed by atoms with Crippen LogP contribution in [0.2, 0.25) is 0 Å². The van der Waals surface area contributed by atoms with Gasteiger partial charge in [0.05, 0.1) is 12.3 Å². The number of carbonyl (C=O) groups is 5. The van der Waals surface area contributed by atoms with Crippen molar-refractivity contribution in [2.75, 3.05) is 39.4 Å². The van der Waals surface area contributed by atoms with Gasteiger partial charge in [-0.3, -0.25) is 19.2 Å². The lowest BCUT2D eigenvalue weighted by atomic mass is 9.91. The lowest BCUT2D eigenvalue weighted by Gasteiger charge is -2.36. The fourth-order valence-electron chi connectivity index (χ4n) is 4.34. The number of ketones is 1. The van der Waals surface area contributed by atoms with Crippen molar-refractivity contribution in [2.24, 2.45) is 11.3 Å². The van der Waals surface area contributed by atoms with Crippen molar-refractivity contribution in [3.05, 3.63) is 42.1 Å². The van der Waals surface area contributed by atoms with E-state index in [0.29, 0.717) is 18.2 Å².